The third-order valence-corrected chi connectivity index (χ3v) is 10.2. The molecule has 2 saturated heterocycles. The fourth-order valence-electron chi connectivity index (χ4n) is 5.43. The Morgan fingerprint density at radius 1 is 1.05 bits per heavy atom. The topological polar surface area (TPSA) is 64.7 Å². The maximum Gasteiger partial charge on any atom is 0.257 e. The van der Waals surface area contributed by atoms with Gasteiger partial charge >= 0.3 is 0 Å². The van der Waals surface area contributed by atoms with Crippen molar-refractivity contribution in [3.63, 3.8) is 0 Å². The number of amides is 1. The van der Waals surface area contributed by atoms with Gasteiger partial charge in [-0.3, -0.25) is 9.10 Å². The number of hydrogen-bond donors (Lipinski definition) is 2. The van der Waals surface area contributed by atoms with Crippen molar-refractivity contribution in [2.45, 2.75) is 57.3 Å². The fraction of sp³-hybridized carbons (Fsp3) is 0.567. The molecular formula is C30H44N4O2S2. The number of benzene rings is 2. The normalized spacial score (nSPS) is 19.5. The minimum absolute atomic E-state index is 0.172. The van der Waals surface area contributed by atoms with E-state index in [0.717, 1.165) is 55.7 Å². The van der Waals surface area contributed by atoms with E-state index in [1.807, 2.05) is 50.1 Å². The van der Waals surface area contributed by atoms with Crippen LogP contribution in [0.25, 0.3) is 0 Å². The Hall–Kier alpha value is -1.87. The first-order valence-electron chi connectivity index (χ1n) is 14.2. The molecular weight excluding hydrogens is 512 g/mol. The molecule has 2 aromatic carbocycles. The quantitative estimate of drug-likeness (QED) is 0.372. The van der Waals surface area contributed by atoms with Crippen LogP contribution in [-0.2, 0) is 17.4 Å². The Balaban J connectivity index is 0.00000164. The van der Waals surface area contributed by atoms with Gasteiger partial charge in [0.1, 0.15) is 11.0 Å². The van der Waals surface area contributed by atoms with E-state index < -0.39 is 11.0 Å². The molecule has 2 aliphatic heterocycles. The van der Waals surface area contributed by atoms with Gasteiger partial charge in [0.2, 0.25) is 0 Å². The number of nitrogens with zero attached hydrogens (tertiary/aromatic N) is 2. The van der Waals surface area contributed by atoms with Crippen LogP contribution in [-0.4, -0.2) is 53.9 Å². The minimum Gasteiger partial charge on any atom is -0.322 e. The van der Waals surface area contributed by atoms with Crippen LogP contribution in [0.15, 0.2) is 47.4 Å². The van der Waals surface area contributed by atoms with E-state index in [1.54, 1.807) is 17.6 Å². The molecule has 1 aliphatic carbocycles. The lowest BCUT2D eigenvalue weighted by atomic mass is 9.72. The maximum atomic E-state index is 13.3. The van der Waals surface area contributed by atoms with Crippen LogP contribution in [0.1, 0.15) is 61.9 Å². The van der Waals surface area contributed by atoms with E-state index in [1.165, 1.54) is 37.0 Å². The zero-order valence-corrected chi connectivity index (χ0v) is 25.0. The van der Waals surface area contributed by atoms with Crippen LogP contribution in [0.5, 0.6) is 0 Å². The van der Waals surface area contributed by atoms with Crippen molar-refractivity contribution in [3.05, 3.63) is 53.6 Å². The maximum absolute atomic E-state index is 13.3. The molecule has 1 unspecified atom stereocenters. The smallest absolute Gasteiger partial charge is 0.257 e. The summed E-state index contributed by atoms with van der Waals surface area (Å²) >= 11 is 1.83. The van der Waals surface area contributed by atoms with E-state index >= 15 is 0 Å². The van der Waals surface area contributed by atoms with Crippen molar-refractivity contribution < 1.29 is 9.00 Å². The molecule has 2 heterocycles. The minimum atomic E-state index is -1.22. The molecule has 1 atom stereocenters. The molecule has 3 fully saturated rings. The molecule has 2 N–H and O–H groups in total. The van der Waals surface area contributed by atoms with Gasteiger partial charge in [-0.1, -0.05) is 39.2 Å². The number of carbonyl (C=O) groups excluding carboxylic acids is 1. The Labute approximate surface area is 236 Å². The van der Waals surface area contributed by atoms with E-state index in [0.29, 0.717) is 17.2 Å². The molecule has 208 valence electrons. The zero-order valence-electron chi connectivity index (χ0n) is 23.4. The lowest BCUT2D eigenvalue weighted by Gasteiger charge is -2.39. The molecule has 5 rings (SSSR count). The molecule has 2 aromatic rings. The highest BCUT2D eigenvalue weighted by atomic mass is 32.2. The summed E-state index contributed by atoms with van der Waals surface area (Å²) in [5.41, 5.74) is 3.15. The molecule has 6 nitrogen and oxygen atoms in total. The van der Waals surface area contributed by atoms with Gasteiger partial charge in [0, 0.05) is 37.0 Å². The van der Waals surface area contributed by atoms with Crippen LogP contribution < -0.4 is 14.9 Å². The third-order valence-electron chi connectivity index (χ3n) is 8.08. The Morgan fingerprint density at radius 2 is 1.71 bits per heavy atom. The summed E-state index contributed by atoms with van der Waals surface area (Å²) in [5.74, 6) is 2.37. The molecule has 1 saturated carbocycles. The first kappa shape index (κ1) is 29.1. The van der Waals surface area contributed by atoms with Crippen molar-refractivity contribution in [2.24, 2.45) is 17.8 Å². The molecule has 3 aliphatic rings. The Morgan fingerprint density at radius 3 is 2.26 bits per heavy atom. The van der Waals surface area contributed by atoms with Gasteiger partial charge < -0.3 is 10.6 Å². The van der Waals surface area contributed by atoms with Crippen molar-refractivity contribution >= 4 is 40.2 Å². The molecule has 38 heavy (non-hydrogen) atoms. The van der Waals surface area contributed by atoms with E-state index in [-0.39, 0.29) is 5.91 Å². The predicted molar refractivity (Wildman–Crippen MR) is 162 cm³/mol. The van der Waals surface area contributed by atoms with Crippen LogP contribution >= 0.6 is 11.9 Å². The van der Waals surface area contributed by atoms with Gasteiger partial charge in [-0.2, -0.15) is 0 Å². The number of rotatable bonds is 9. The standard InChI is InChI=1S/C28H38N4O2S2.C2H6/c1-31(36(2)34)27-11-6-20(16-21-18-29-19-21)17-26(27)28(33)30-24-7-9-25(10-8-24)35-32-14-12-23(13-15-32)22-4-3-5-22;1-2/h6-11,17,21-23,29H,3-5,12-16,18-19H2,1-2H3,(H,30,33);1-2H3. The van der Waals surface area contributed by atoms with E-state index in [2.05, 4.69) is 33.1 Å². The lowest BCUT2D eigenvalue weighted by Crippen LogP contribution is -2.43. The molecule has 0 aromatic heterocycles. The average Bonchev–Trinajstić information content (AvgIpc) is 2.88. The summed E-state index contributed by atoms with van der Waals surface area (Å²) in [6.07, 6.45) is 9.53. The van der Waals surface area contributed by atoms with Gasteiger partial charge in [0.05, 0.1) is 11.3 Å². The lowest BCUT2D eigenvalue weighted by molar-refractivity contribution is 0.102. The second-order valence-electron chi connectivity index (χ2n) is 10.5. The summed E-state index contributed by atoms with van der Waals surface area (Å²) in [5, 5.41) is 6.37. The predicted octanol–water partition coefficient (Wildman–Crippen LogP) is 5.98. The van der Waals surface area contributed by atoms with E-state index in [4.69, 9.17) is 0 Å². The number of hydrogen-bond acceptors (Lipinski definition) is 5. The Kier molecular flexibility index (Phi) is 10.7. The van der Waals surface area contributed by atoms with Crippen molar-refractivity contribution in [3.8, 4) is 0 Å². The van der Waals surface area contributed by atoms with Crippen molar-refractivity contribution in [2.75, 3.05) is 49.1 Å². The summed E-state index contributed by atoms with van der Waals surface area (Å²) in [4.78, 5) is 14.5. The fourth-order valence-corrected chi connectivity index (χ4v) is 6.81. The highest BCUT2D eigenvalue weighted by molar-refractivity contribution is 7.97. The molecule has 0 bridgehead atoms. The highest BCUT2D eigenvalue weighted by Crippen LogP contribution is 2.40. The van der Waals surface area contributed by atoms with E-state index in [9.17, 15) is 9.00 Å². The van der Waals surface area contributed by atoms with Crippen molar-refractivity contribution in [1.82, 2.24) is 9.62 Å². The second kappa shape index (κ2) is 14.0. The molecule has 1 amide bonds. The first-order chi connectivity index (χ1) is 18.5. The second-order valence-corrected chi connectivity index (χ2v) is 13.1. The number of carbonyl (C=O) groups is 1. The number of nitrogens with one attached hydrogen (secondary N) is 2. The van der Waals surface area contributed by atoms with Crippen LogP contribution in [0, 0.1) is 17.8 Å². The van der Waals surface area contributed by atoms with Gasteiger partial charge in [0.25, 0.3) is 5.91 Å². The average molecular weight is 557 g/mol. The summed E-state index contributed by atoms with van der Waals surface area (Å²) in [7, 11) is 0.547. The SMILES string of the molecule is CC.CN(c1ccc(CC2CNC2)cc1C(=O)Nc1ccc(SN2CCC(C3CCC3)CC2)cc1)S(C)=O. The summed E-state index contributed by atoms with van der Waals surface area (Å²) < 4.78 is 16.3. The zero-order chi connectivity index (χ0) is 27.1. The largest absolute Gasteiger partial charge is 0.322 e. The summed E-state index contributed by atoms with van der Waals surface area (Å²) in [6, 6.07) is 14.1. The third kappa shape index (κ3) is 7.40. The summed E-state index contributed by atoms with van der Waals surface area (Å²) in [6.45, 7) is 8.36. The highest BCUT2D eigenvalue weighted by Gasteiger charge is 2.30. The van der Waals surface area contributed by atoms with Crippen LogP contribution in [0.4, 0.5) is 11.4 Å². The van der Waals surface area contributed by atoms with Gasteiger partial charge in [-0.15, -0.1) is 0 Å². The monoisotopic (exact) mass is 556 g/mol. The van der Waals surface area contributed by atoms with Crippen molar-refractivity contribution in [1.29, 1.82) is 0 Å². The number of anilines is 2. The number of piperidine rings is 1. The van der Waals surface area contributed by atoms with Gasteiger partial charge in [-0.05, 0) is 104 Å². The molecule has 0 radical (unpaired) electrons. The Bertz CT molecular complexity index is 1080. The first-order valence-corrected chi connectivity index (χ1v) is 16.5. The van der Waals surface area contributed by atoms with Crippen LogP contribution in [0.3, 0.4) is 0 Å². The van der Waals surface area contributed by atoms with Gasteiger partial charge in [-0.25, -0.2) is 8.51 Å². The molecule has 0 spiro atoms. The van der Waals surface area contributed by atoms with Crippen LogP contribution in [0.2, 0.25) is 0 Å². The van der Waals surface area contributed by atoms with Gasteiger partial charge in [0.15, 0.2) is 0 Å². The molecule has 8 heteroatoms.